The predicted octanol–water partition coefficient (Wildman–Crippen LogP) is 0.620. The largest absolute Gasteiger partial charge is 0.402 e. The molecule has 0 bridgehead atoms. The van der Waals surface area contributed by atoms with Crippen LogP contribution in [0.2, 0.25) is 0 Å². The summed E-state index contributed by atoms with van der Waals surface area (Å²) < 4.78 is 0. The van der Waals surface area contributed by atoms with E-state index in [9.17, 15) is 0 Å². The average Bonchev–Trinajstić information content (AvgIpc) is 2.04. The molecule has 1 rings (SSSR count). The molecule has 0 spiro atoms. The highest BCUT2D eigenvalue weighted by Crippen LogP contribution is 2.18. The van der Waals surface area contributed by atoms with Gasteiger partial charge >= 0.3 is 0 Å². The third-order valence-corrected chi connectivity index (χ3v) is 1.74. The first-order chi connectivity index (χ1) is 5.27. The fourth-order valence-electron chi connectivity index (χ4n) is 1.11. The van der Waals surface area contributed by atoms with Gasteiger partial charge in [0.05, 0.1) is 5.57 Å². The van der Waals surface area contributed by atoms with Gasteiger partial charge in [0.25, 0.3) is 0 Å². The molecule has 0 saturated heterocycles. The van der Waals surface area contributed by atoms with Crippen molar-refractivity contribution in [3.63, 3.8) is 0 Å². The Morgan fingerprint density at radius 1 is 1.64 bits per heavy atom. The van der Waals surface area contributed by atoms with Gasteiger partial charge in [0, 0.05) is 18.4 Å². The summed E-state index contributed by atoms with van der Waals surface area (Å²) >= 11 is 0. The molecule has 0 atom stereocenters. The second kappa shape index (κ2) is 3.11. The second-order valence-electron chi connectivity index (χ2n) is 2.47. The van der Waals surface area contributed by atoms with Crippen LogP contribution in [0.5, 0.6) is 0 Å². The number of nitrogens with zero attached hydrogens (tertiary/aromatic N) is 1. The summed E-state index contributed by atoms with van der Waals surface area (Å²) in [6.45, 7) is 0. The monoisotopic (exact) mass is 149 g/mol. The van der Waals surface area contributed by atoms with Crippen LogP contribution in [0.3, 0.4) is 0 Å². The van der Waals surface area contributed by atoms with Crippen LogP contribution in [0, 0.1) is 11.3 Å². The summed E-state index contributed by atoms with van der Waals surface area (Å²) in [4.78, 5) is 0. The Balaban J connectivity index is 2.95. The van der Waals surface area contributed by atoms with Crippen LogP contribution in [0.1, 0.15) is 12.8 Å². The number of rotatable bonds is 1. The van der Waals surface area contributed by atoms with Gasteiger partial charge in [-0.1, -0.05) is 0 Å². The van der Waals surface area contributed by atoms with Crippen LogP contribution in [-0.4, -0.2) is 7.05 Å². The minimum Gasteiger partial charge on any atom is -0.402 e. The summed E-state index contributed by atoms with van der Waals surface area (Å²) in [5.74, 6) is 0. The van der Waals surface area contributed by atoms with Crippen LogP contribution in [0.4, 0.5) is 0 Å². The van der Waals surface area contributed by atoms with E-state index in [0.717, 1.165) is 24.2 Å². The van der Waals surface area contributed by atoms with Crippen molar-refractivity contribution in [1.29, 1.82) is 5.26 Å². The van der Waals surface area contributed by atoms with Crippen molar-refractivity contribution < 1.29 is 0 Å². The van der Waals surface area contributed by atoms with Gasteiger partial charge in [-0.25, -0.2) is 0 Å². The van der Waals surface area contributed by atoms with Gasteiger partial charge < -0.3 is 11.1 Å². The molecule has 0 aliphatic heterocycles. The lowest BCUT2D eigenvalue weighted by atomic mass is 10.0. The van der Waals surface area contributed by atoms with Crippen molar-refractivity contribution in [2.24, 2.45) is 5.73 Å². The van der Waals surface area contributed by atoms with Crippen molar-refractivity contribution in [1.82, 2.24) is 5.32 Å². The lowest BCUT2D eigenvalue weighted by Gasteiger charge is -2.13. The smallest absolute Gasteiger partial charge is 0.101 e. The van der Waals surface area contributed by atoms with Gasteiger partial charge in [0.1, 0.15) is 6.07 Å². The quantitative estimate of drug-likeness (QED) is 0.574. The van der Waals surface area contributed by atoms with Gasteiger partial charge in [0.15, 0.2) is 0 Å². The number of hydrogen-bond acceptors (Lipinski definition) is 3. The van der Waals surface area contributed by atoms with Crippen molar-refractivity contribution in [3.05, 3.63) is 23.0 Å². The minimum atomic E-state index is 0.663. The van der Waals surface area contributed by atoms with Crippen LogP contribution in [0.25, 0.3) is 0 Å². The molecule has 0 aromatic heterocycles. The Hall–Kier alpha value is -1.43. The summed E-state index contributed by atoms with van der Waals surface area (Å²) in [7, 11) is 1.82. The van der Waals surface area contributed by atoms with E-state index in [1.165, 1.54) is 0 Å². The molecule has 58 valence electrons. The first kappa shape index (κ1) is 7.67. The van der Waals surface area contributed by atoms with E-state index < -0.39 is 0 Å². The molecule has 0 radical (unpaired) electrons. The zero-order valence-electron chi connectivity index (χ0n) is 6.52. The molecule has 11 heavy (non-hydrogen) atoms. The fourth-order valence-corrected chi connectivity index (χ4v) is 1.11. The maximum Gasteiger partial charge on any atom is 0.101 e. The van der Waals surface area contributed by atoms with Gasteiger partial charge in [-0.2, -0.15) is 5.26 Å². The molecule has 0 aromatic carbocycles. The lowest BCUT2D eigenvalue weighted by Crippen LogP contribution is -2.14. The van der Waals surface area contributed by atoms with Gasteiger partial charge in [-0.15, -0.1) is 0 Å². The molecule has 0 saturated carbocycles. The number of nitrogens with two attached hydrogens (primary N) is 1. The van der Waals surface area contributed by atoms with Crippen molar-refractivity contribution >= 4 is 0 Å². The average molecular weight is 149 g/mol. The minimum absolute atomic E-state index is 0.663. The zero-order chi connectivity index (χ0) is 8.27. The molecule has 1 aliphatic carbocycles. The van der Waals surface area contributed by atoms with Crippen molar-refractivity contribution in [3.8, 4) is 6.07 Å². The van der Waals surface area contributed by atoms with E-state index in [-0.39, 0.29) is 0 Å². The molecule has 0 amide bonds. The molecule has 3 nitrogen and oxygen atoms in total. The van der Waals surface area contributed by atoms with Crippen LogP contribution in [0.15, 0.2) is 23.0 Å². The Kier molecular flexibility index (Phi) is 2.17. The molecule has 1 aliphatic rings. The highest BCUT2D eigenvalue weighted by molar-refractivity contribution is 5.41. The molecule has 0 unspecified atom stereocenters. The van der Waals surface area contributed by atoms with Gasteiger partial charge in [-0.05, 0) is 18.9 Å². The Morgan fingerprint density at radius 3 is 2.91 bits per heavy atom. The maximum atomic E-state index is 8.66. The normalized spacial score (nSPS) is 17.3. The fraction of sp³-hybridized carbons (Fsp3) is 0.375. The molecule has 0 aromatic rings. The Labute approximate surface area is 66.2 Å². The first-order valence-electron chi connectivity index (χ1n) is 3.55. The predicted molar refractivity (Wildman–Crippen MR) is 43.2 cm³/mol. The van der Waals surface area contributed by atoms with Crippen LogP contribution >= 0.6 is 0 Å². The lowest BCUT2D eigenvalue weighted by molar-refractivity contribution is 0.798. The van der Waals surface area contributed by atoms with E-state index in [0.29, 0.717) is 5.57 Å². The number of hydrogen-bond donors (Lipinski definition) is 2. The Bertz CT molecular complexity index is 255. The second-order valence-corrected chi connectivity index (χ2v) is 2.47. The maximum absolute atomic E-state index is 8.66. The summed E-state index contributed by atoms with van der Waals surface area (Å²) in [6.07, 6.45) is 3.43. The third kappa shape index (κ3) is 1.53. The summed E-state index contributed by atoms with van der Waals surface area (Å²) in [6, 6.07) is 2.10. The molecule has 3 N–H and O–H groups in total. The molecule has 3 heteroatoms. The SMILES string of the molecule is CNC1=C(C#N)C=C(N)CC1. The van der Waals surface area contributed by atoms with Gasteiger partial charge in [0.2, 0.25) is 0 Å². The third-order valence-electron chi connectivity index (χ3n) is 1.74. The molecular weight excluding hydrogens is 138 g/mol. The van der Waals surface area contributed by atoms with Gasteiger partial charge in [-0.3, -0.25) is 0 Å². The Morgan fingerprint density at radius 2 is 2.36 bits per heavy atom. The molecule has 0 fully saturated rings. The molecular formula is C8H11N3. The first-order valence-corrected chi connectivity index (χ1v) is 3.55. The van der Waals surface area contributed by atoms with E-state index in [1.54, 1.807) is 6.08 Å². The summed E-state index contributed by atoms with van der Waals surface area (Å²) in [5, 5.41) is 11.6. The number of nitriles is 1. The highest BCUT2D eigenvalue weighted by Gasteiger charge is 2.09. The van der Waals surface area contributed by atoms with Crippen molar-refractivity contribution in [2.75, 3.05) is 7.05 Å². The number of nitrogens with one attached hydrogen (secondary N) is 1. The number of allylic oxidation sites excluding steroid dienone is 4. The summed E-state index contributed by atoms with van der Waals surface area (Å²) in [5.41, 5.74) is 8.01. The highest BCUT2D eigenvalue weighted by atomic mass is 14.8. The standard InChI is InChI=1S/C8H11N3/c1-11-8-3-2-7(10)4-6(8)5-9/h4,11H,2-3,10H2,1H3. The topological polar surface area (TPSA) is 61.8 Å². The molecule has 0 heterocycles. The van der Waals surface area contributed by atoms with Crippen molar-refractivity contribution in [2.45, 2.75) is 12.8 Å². The van der Waals surface area contributed by atoms with Crippen LogP contribution in [-0.2, 0) is 0 Å². The zero-order valence-corrected chi connectivity index (χ0v) is 6.52. The van der Waals surface area contributed by atoms with E-state index in [4.69, 9.17) is 11.0 Å². The van der Waals surface area contributed by atoms with Crippen LogP contribution < -0.4 is 11.1 Å². The van der Waals surface area contributed by atoms with E-state index >= 15 is 0 Å². The van der Waals surface area contributed by atoms with E-state index in [2.05, 4.69) is 11.4 Å². The van der Waals surface area contributed by atoms with E-state index in [1.807, 2.05) is 7.05 Å².